The van der Waals surface area contributed by atoms with Crippen LogP contribution in [0.4, 0.5) is 5.69 Å². The Hall–Kier alpha value is -1.51. The van der Waals surface area contributed by atoms with Gasteiger partial charge in [-0.3, -0.25) is 0 Å². The van der Waals surface area contributed by atoms with Crippen LogP contribution in [0.15, 0.2) is 23.2 Å². The number of hydrogen-bond donors (Lipinski definition) is 1. The molecule has 0 bridgehead atoms. The lowest BCUT2D eigenvalue weighted by molar-refractivity contribution is 0.346. The number of rotatable bonds is 2. The van der Waals surface area contributed by atoms with Crippen LogP contribution < -0.4 is 5.32 Å². The van der Waals surface area contributed by atoms with E-state index in [1.54, 1.807) is 0 Å². The number of ether oxygens (including phenoxy) is 1. The van der Waals surface area contributed by atoms with Crippen LogP contribution in [-0.4, -0.2) is 19.2 Å². The van der Waals surface area contributed by atoms with Gasteiger partial charge in [-0.2, -0.15) is 0 Å². The van der Waals surface area contributed by atoms with Crippen molar-refractivity contribution in [3.63, 3.8) is 0 Å². The molecule has 0 unspecified atom stereocenters. The Balaban J connectivity index is 2.21. The molecule has 3 nitrogen and oxygen atoms in total. The fourth-order valence-corrected chi connectivity index (χ4v) is 1.66. The Labute approximate surface area is 96.5 Å². The predicted molar refractivity (Wildman–Crippen MR) is 67.1 cm³/mol. The number of aliphatic imine (C=N–C) groups is 1. The zero-order valence-corrected chi connectivity index (χ0v) is 10.1. The van der Waals surface area contributed by atoms with E-state index in [0.717, 1.165) is 12.2 Å². The summed E-state index contributed by atoms with van der Waals surface area (Å²) in [6, 6.07) is 7.11. The highest BCUT2D eigenvalue weighted by Crippen LogP contribution is 2.22. The predicted octanol–water partition coefficient (Wildman–Crippen LogP) is 2.92. The first-order chi connectivity index (χ1) is 7.66. The van der Waals surface area contributed by atoms with Crippen LogP contribution in [0.2, 0.25) is 0 Å². The number of aryl methyl sites for hydroxylation is 1. The molecule has 3 heteroatoms. The molecule has 0 aromatic heterocycles. The molecule has 2 rings (SSSR count). The zero-order valence-electron chi connectivity index (χ0n) is 10.1. The number of nitrogens with zero attached hydrogens (tertiary/aromatic N) is 1. The molecule has 0 radical (unpaired) electrons. The largest absolute Gasteiger partial charge is 0.463 e. The van der Waals surface area contributed by atoms with Gasteiger partial charge in [-0.15, -0.1) is 0 Å². The van der Waals surface area contributed by atoms with Crippen LogP contribution in [0, 0.1) is 6.92 Å². The van der Waals surface area contributed by atoms with Crippen LogP contribution in [-0.2, 0) is 4.74 Å². The molecule has 1 aromatic carbocycles. The normalized spacial score (nSPS) is 14.9. The second kappa shape index (κ2) is 4.56. The van der Waals surface area contributed by atoms with Crippen molar-refractivity contribution in [1.29, 1.82) is 0 Å². The molecule has 0 fully saturated rings. The maximum atomic E-state index is 5.35. The quantitative estimate of drug-likeness (QED) is 0.828. The Morgan fingerprint density at radius 1 is 1.38 bits per heavy atom. The van der Waals surface area contributed by atoms with Crippen LogP contribution >= 0.6 is 0 Å². The molecule has 16 heavy (non-hydrogen) atoms. The Bertz CT molecular complexity index is 410. The highest BCUT2D eigenvalue weighted by atomic mass is 16.5. The number of hydrogen-bond acceptors (Lipinski definition) is 3. The van der Waals surface area contributed by atoms with Gasteiger partial charge in [0.05, 0.1) is 6.54 Å². The molecule has 1 N–H and O–H groups in total. The van der Waals surface area contributed by atoms with Gasteiger partial charge in [-0.1, -0.05) is 26.0 Å². The molecule has 0 atom stereocenters. The molecule has 0 saturated heterocycles. The van der Waals surface area contributed by atoms with Crippen LogP contribution in [0.5, 0.6) is 0 Å². The van der Waals surface area contributed by atoms with Crippen LogP contribution in [0.3, 0.4) is 0 Å². The van der Waals surface area contributed by atoms with E-state index in [4.69, 9.17) is 4.74 Å². The van der Waals surface area contributed by atoms with Crippen molar-refractivity contribution in [2.75, 3.05) is 18.5 Å². The summed E-state index contributed by atoms with van der Waals surface area (Å²) in [5.41, 5.74) is 3.63. The molecule has 0 saturated carbocycles. The highest BCUT2D eigenvalue weighted by Gasteiger charge is 2.10. The molecule has 0 amide bonds. The van der Waals surface area contributed by atoms with Crippen molar-refractivity contribution in [3.05, 3.63) is 29.3 Å². The maximum absolute atomic E-state index is 5.35. The summed E-state index contributed by atoms with van der Waals surface area (Å²) in [5, 5.41) is 3.23. The third-order valence-electron chi connectivity index (χ3n) is 2.76. The Morgan fingerprint density at radius 2 is 2.19 bits per heavy atom. The summed E-state index contributed by atoms with van der Waals surface area (Å²) < 4.78 is 5.35. The summed E-state index contributed by atoms with van der Waals surface area (Å²) in [7, 11) is 0. The van der Waals surface area contributed by atoms with Crippen molar-refractivity contribution < 1.29 is 4.74 Å². The molecule has 86 valence electrons. The second-order valence-corrected chi connectivity index (χ2v) is 4.39. The maximum Gasteiger partial charge on any atom is 0.289 e. The second-order valence-electron chi connectivity index (χ2n) is 4.39. The SMILES string of the molecule is Cc1ccc(C(C)C)cc1NC1=NCCO1. The molecular formula is C13H18N2O. The molecule has 0 spiro atoms. The zero-order chi connectivity index (χ0) is 11.5. The highest BCUT2D eigenvalue weighted by molar-refractivity contribution is 5.90. The average Bonchev–Trinajstić information content (AvgIpc) is 2.73. The third-order valence-corrected chi connectivity index (χ3v) is 2.76. The van der Waals surface area contributed by atoms with E-state index in [1.165, 1.54) is 11.1 Å². The number of anilines is 1. The van der Waals surface area contributed by atoms with Gasteiger partial charge >= 0.3 is 0 Å². The van der Waals surface area contributed by atoms with E-state index >= 15 is 0 Å². The fourth-order valence-electron chi connectivity index (χ4n) is 1.66. The minimum Gasteiger partial charge on any atom is -0.463 e. The van der Waals surface area contributed by atoms with Gasteiger partial charge in [0, 0.05) is 5.69 Å². The first kappa shape index (κ1) is 11.0. The molecule has 1 aromatic rings. The molecule has 1 heterocycles. The number of nitrogens with one attached hydrogen (secondary N) is 1. The fraction of sp³-hybridized carbons (Fsp3) is 0.462. The van der Waals surface area contributed by atoms with E-state index in [-0.39, 0.29) is 0 Å². The number of amidine groups is 1. The van der Waals surface area contributed by atoms with Crippen LogP contribution in [0.1, 0.15) is 30.9 Å². The van der Waals surface area contributed by atoms with E-state index < -0.39 is 0 Å². The van der Waals surface area contributed by atoms with Crippen molar-refractivity contribution in [1.82, 2.24) is 0 Å². The summed E-state index contributed by atoms with van der Waals surface area (Å²) in [5.74, 6) is 0.535. The van der Waals surface area contributed by atoms with Gasteiger partial charge in [0.25, 0.3) is 6.02 Å². The molecule has 0 aliphatic carbocycles. The first-order valence-electron chi connectivity index (χ1n) is 5.71. The molecule has 1 aliphatic rings. The van der Waals surface area contributed by atoms with Crippen LogP contribution in [0.25, 0.3) is 0 Å². The lowest BCUT2D eigenvalue weighted by Gasteiger charge is -2.12. The van der Waals surface area contributed by atoms with Gasteiger partial charge in [0.15, 0.2) is 0 Å². The lowest BCUT2D eigenvalue weighted by atomic mass is 10.0. The topological polar surface area (TPSA) is 33.6 Å². The van der Waals surface area contributed by atoms with E-state index in [0.29, 0.717) is 18.5 Å². The molecule has 1 aliphatic heterocycles. The van der Waals surface area contributed by atoms with Gasteiger partial charge in [-0.05, 0) is 30.0 Å². The lowest BCUT2D eigenvalue weighted by Crippen LogP contribution is -2.13. The van der Waals surface area contributed by atoms with Gasteiger partial charge < -0.3 is 10.1 Å². The first-order valence-corrected chi connectivity index (χ1v) is 5.71. The minimum absolute atomic E-state index is 0.535. The summed E-state index contributed by atoms with van der Waals surface area (Å²) in [4.78, 5) is 4.23. The van der Waals surface area contributed by atoms with Crippen molar-refractivity contribution in [2.45, 2.75) is 26.7 Å². The Kier molecular flexibility index (Phi) is 3.13. The summed E-state index contributed by atoms with van der Waals surface area (Å²) in [6.07, 6.45) is 0. The average molecular weight is 218 g/mol. The molecular weight excluding hydrogens is 200 g/mol. The van der Waals surface area contributed by atoms with Crippen molar-refractivity contribution in [2.24, 2.45) is 4.99 Å². The Morgan fingerprint density at radius 3 is 2.81 bits per heavy atom. The monoisotopic (exact) mass is 218 g/mol. The van der Waals surface area contributed by atoms with Gasteiger partial charge in [0.2, 0.25) is 0 Å². The smallest absolute Gasteiger partial charge is 0.289 e. The summed E-state index contributed by atoms with van der Waals surface area (Å²) >= 11 is 0. The summed E-state index contributed by atoms with van der Waals surface area (Å²) in [6.45, 7) is 7.91. The van der Waals surface area contributed by atoms with E-state index in [2.05, 4.69) is 49.3 Å². The van der Waals surface area contributed by atoms with Gasteiger partial charge in [-0.25, -0.2) is 4.99 Å². The minimum atomic E-state index is 0.535. The third kappa shape index (κ3) is 2.35. The van der Waals surface area contributed by atoms with E-state index in [9.17, 15) is 0 Å². The van der Waals surface area contributed by atoms with Crippen molar-refractivity contribution >= 4 is 11.7 Å². The number of benzene rings is 1. The van der Waals surface area contributed by atoms with Crippen molar-refractivity contribution in [3.8, 4) is 0 Å². The van der Waals surface area contributed by atoms with Gasteiger partial charge in [0.1, 0.15) is 6.61 Å². The van der Waals surface area contributed by atoms with E-state index in [1.807, 2.05) is 0 Å². The standard InChI is InChI=1S/C13H18N2O/c1-9(2)11-5-4-10(3)12(8-11)15-13-14-6-7-16-13/h4-5,8-9H,6-7H2,1-3H3,(H,14,15).